The van der Waals surface area contributed by atoms with E-state index in [2.05, 4.69) is 19.1 Å². The highest BCUT2D eigenvalue weighted by atomic mass is 16.6. The summed E-state index contributed by atoms with van der Waals surface area (Å²) in [6.45, 7) is 2.52. The minimum Gasteiger partial charge on any atom is -0.394 e. The molecule has 0 amide bonds. The molecule has 1 heterocycles. The van der Waals surface area contributed by atoms with Gasteiger partial charge in [-0.2, -0.15) is 0 Å². The maximum atomic E-state index is 9.81. The minimum atomic E-state index is -1.00. The molecular formula is C18H34O5. The number of hydrogen-bond acceptors (Lipinski definition) is 5. The van der Waals surface area contributed by atoms with Crippen LogP contribution in [0.3, 0.4) is 0 Å². The van der Waals surface area contributed by atoms with Crippen molar-refractivity contribution in [2.24, 2.45) is 0 Å². The van der Waals surface area contributed by atoms with Gasteiger partial charge in [0.2, 0.25) is 0 Å². The molecule has 0 bridgehead atoms. The predicted molar refractivity (Wildman–Crippen MR) is 90.3 cm³/mol. The second-order valence-corrected chi connectivity index (χ2v) is 6.27. The molecule has 4 atom stereocenters. The molecule has 23 heavy (non-hydrogen) atoms. The molecule has 0 radical (unpaired) electrons. The summed E-state index contributed by atoms with van der Waals surface area (Å²) in [5.74, 6) is 0. The Kier molecular flexibility index (Phi) is 11.5. The maximum absolute atomic E-state index is 9.81. The highest BCUT2D eigenvalue weighted by Crippen LogP contribution is 2.21. The normalized spacial score (nSPS) is 26.2. The zero-order valence-corrected chi connectivity index (χ0v) is 14.4. The molecule has 136 valence electrons. The first kappa shape index (κ1) is 20.6. The topological polar surface area (TPSA) is 79.2 Å². The van der Waals surface area contributed by atoms with Crippen molar-refractivity contribution in [3.05, 3.63) is 12.2 Å². The van der Waals surface area contributed by atoms with Crippen LogP contribution in [0.4, 0.5) is 0 Å². The number of ether oxygens (including phenoxy) is 2. The molecule has 3 N–H and O–H groups in total. The van der Waals surface area contributed by atoms with Gasteiger partial charge in [-0.3, -0.25) is 0 Å². The molecule has 0 aromatic carbocycles. The van der Waals surface area contributed by atoms with E-state index in [1.165, 1.54) is 32.1 Å². The second kappa shape index (κ2) is 12.9. The molecule has 1 rings (SSSR count). The molecule has 1 aliphatic rings. The van der Waals surface area contributed by atoms with Gasteiger partial charge in [0.05, 0.1) is 13.2 Å². The summed E-state index contributed by atoms with van der Waals surface area (Å²) in [6.07, 6.45) is 10.9. The fourth-order valence-corrected chi connectivity index (χ4v) is 2.75. The van der Waals surface area contributed by atoms with E-state index in [0.717, 1.165) is 19.3 Å². The van der Waals surface area contributed by atoms with Crippen molar-refractivity contribution in [3.8, 4) is 0 Å². The maximum Gasteiger partial charge on any atom is 0.114 e. The van der Waals surface area contributed by atoms with Crippen molar-refractivity contribution in [3.63, 3.8) is 0 Å². The largest absolute Gasteiger partial charge is 0.394 e. The number of rotatable bonds is 13. The lowest BCUT2D eigenvalue weighted by Gasteiger charge is -2.23. The van der Waals surface area contributed by atoms with Gasteiger partial charge >= 0.3 is 0 Å². The Morgan fingerprint density at radius 1 is 1.13 bits per heavy atom. The van der Waals surface area contributed by atoms with Crippen LogP contribution in [0.2, 0.25) is 0 Å². The van der Waals surface area contributed by atoms with Crippen molar-refractivity contribution in [1.29, 1.82) is 0 Å². The lowest BCUT2D eigenvalue weighted by Crippen LogP contribution is -2.42. The van der Waals surface area contributed by atoms with Crippen molar-refractivity contribution in [1.82, 2.24) is 0 Å². The van der Waals surface area contributed by atoms with Crippen molar-refractivity contribution in [2.45, 2.75) is 82.7 Å². The zero-order chi connectivity index (χ0) is 16.9. The minimum absolute atomic E-state index is 0.150. The monoisotopic (exact) mass is 330 g/mol. The third-order valence-corrected chi connectivity index (χ3v) is 4.20. The van der Waals surface area contributed by atoms with E-state index in [1.807, 2.05) is 0 Å². The molecule has 0 aliphatic carbocycles. The van der Waals surface area contributed by atoms with Gasteiger partial charge in [0.25, 0.3) is 0 Å². The quantitative estimate of drug-likeness (QED) is 0.356. The molecule has 5 heteroatoms. The average Bonchev–Trinajstić information content (AvgIpc) is 2.93. The van der Waals surface area contributed by atoms with E-state index >= 15 is 0 Å². The van der Waals surface area contributed by atoms with Gasteiger partial charge in [0, 0.05) is 6.61 Å². The molecule has 5 nitrogen and oxygen atoms in total. The summed E-state index contributed by atoms with van der Waals surface area (Å²) < 4.78 is 11.0. The first-order valence-corrected chi connectivity index (χ1v) is 9.05. The summed E-state index contributed by atoms with van der Waals surface area (Å²) in [5.41, 5.74) is 0. The lowest BCUT2D eigenvalue weighted by molar-refractivity contribution is -0.0938. The Hall–Kier alpha value is -0.460. The summed E-state index contributed by atoms with van der Waals surface area (Å²) in [4.78, 5) is 0. The summed E-state index contributed by atoms with van der Waals surface area (Å²) >= 11 is 0. The standard InChI is InChI=1S/C18H34O5/c1-2-3-4-5-6-7-8-9-10-11-12-22-18-16(21)14-23-17(18)15(20)13-19/h5-6,15-21H,2-4,7-14H2,1H3/b6-5+/t15-,16+,17+,18+/m0/s1. The fourth-order valence-electron chi connectivity index (χ4n) is 2.75. The van der Waals surface area contributed by atoms with Crippen LogP contribution < -0.4 is 0 Å². The number of aliphatic hydroxyl groups is 3. The van der Waals surface area contributed by atoms with Crippen LogP contribution in [0.1, 0.15) is 58.3 Å². The number of hydrogen-bond donors (Lipinski definition) is 3. The van der Waals surface area contributed by atoms with E-state index in [0.29, 0.717) is 6.61 Å². The van der Waals surface area contributed by atoms with Gasteiger partial charge in [-0.1, -0.05) is 44.8 Å². The van der Waals surface area contributed by atoms with Crippen LogP contribution in [0.25, 0.3) is 0 Å². The van der Waals surface area contributed by atoms with Crippen LogP contribution >= 0.6 is 0 Å². The van der Waals surface area contributed by atoms with E-state index < -0.39 is 24.4 Å². The van der Waals surface area contributed by atoms with Crippen LogP contribution in [-0.2, 0) is 9.47 Å². The first-order chi connectivity index (χ1) is 11.2. The highest BCUT2D eigenvalue weighted by molar-refractivity contribution is 4.89. The third kappa shape index (κ3) is 8.27. The number of aliphatic hydroxyl groups excluding tert-OH is 3. The van der Waals surface area contributed by atoms with Gasteiger partial charge in [-0.25, -0.2) is 0 Å². The van der Waals surface area contributed by atoms with Gasteiger partial charge in [-0.15, -0.1) is 0 Å². The molecule has 0 unspecified atom stereocenters. The molecule has 0 spiro atoms. The first-order valence-electron chi connectivity index (χ1n) is 9.05. The fraction of sp³-hybridized carbons (Fsp3) is 0.889. The Balaban J connectivity index is 2.02. The molecule has 0 aromatic rings. The number of unbranched alkanes of at least 4 members (excludes halogenated alkanes) is 6. The molecular weight excluding hydrogens is 296 g/mol. The highest BCUT2D eigenvalue weighted by Gasteiger charge is 2.40. The van der Waals surface area contributed by atoms with Crippen LogP contribution in [0.15, 0.2) is 12.2 Å². The number of allylic oxidation sites excluding steroid dienone is 2. The Labute approximate surface area is 140 Å². The van der Waals surface area contributed by atoms with Crippen molar-refractivity contribution < 1.29 is 24.8 Å². The van der Waals surface area contributed by atoms with Crippen LogP contribution in [0, 0.1) is 0 Å². The molecule has 0 aromatic heterocycles. The smallest absolute Gasteiger partial charge is 0.114 e. The Morgan fingerprint density at radius 2 is 1.83 bits per heavy atom. The SMILES string of the molecule is CCCC/C=C/CCCCCCO[C@H]1[C@@H]([C@@H](O)CO)OC[C@H]1O. The van der Waals surface area contributed by atoms with E-state index in [1.54, 1.807) is 0 Å². The zero-order valence-electron chi connectivity index (χ0n) is 14.4. The molecule has 1 saturated heterocycles. The van der Waals surface area contributed by atoms with Gasteiger partial charge in [0.1, 0.15) is 24.4 Å². The molecule has 1 fully saturated rings. The van der Waals surface area contributed by atoms with Gasteiger partial charge in [-0.05, 0) is 25.7 Å². The van der Waals surface area contributed by atoms with Gasteiger partial charge < -0.3 is 24.8 Å². The third-order valence-electron chi connectivity index (χ3n) is 4.20. The molecule has 0 saturated carbocycles. The second-order valence-electron chi connectivity index (χ2n) is 6.27. The summed E-state index contributed by atoms with van der Waals surface area (Å²) in [7, 11) is 0. The van der Waals surface area contributed by atoms with E-state index in [-0.39, 0.29) is 13.2 Å². The Morgan fingerprint density at radius 3 is 2.52 bits per heavy atom. The Bertz CT molecular complexity index is 308. The predicted octanol–water partition coefficient (Wildman–Crippen LogP) is 2.18. The lowest BCUT2D eigenvalue weighted by atomic mass is 10.1. The van der Waals surface area contributed by atoms with Gasteiger partial charge in [0.15, 0.2) is 0 Å². The summed E-state index contributed by atoms with van der Waals surface area (Å²) in [6, 6.07) is 0. The van der Waals surface area contributed by atoms with E-state index in [9.17, 15) is 10.2 Å². The summed E-state index contributed by atoms with van der Waals surface area (Å²) in [5, 5.41) is 28.5. The van der Waals surface area contributed by atoms with E-state index in [4.69, 9.17) is 14.6 Å². The van der Waals surface area contributed by atoms with Crippen LogP contribution in [0.5, 0.6) is 0 Å². The van der Waals surface area contributed by atoms with Crippen LogP contribution in [-0.4, -0.2) is 59.6 Å². The molecule has 1 aliphatic heterocycles. The van der Waals surface area contributed by atoms with Crippen molar-refractivity contribution in [2.75, 3.05) is 19.8 Å². The average molecular weight is 330 g/mol. The van der Waals surface area contributed by atoms with Crippen molar-refractivity contribution >= 4 is 0 Å².